The third-order valence-electron chi connectivity index (χ3n) is 1.44. The summed E-state index contributed by atoms with van der Waals surface area (Å²) >= 11 is 5.64. The molecule has 0 aliphatic carbocycles. The maximum atomic E-state index is 9.50. The first-order chi connectivity index (χ1) is 9.27. The number of nitrogens with zero attached hydrogens (tertiary/aromatic N) is 2. The van der Waals surface area contributed by atoms with E-state index in [4.69, 9.17) is 11.6 Å². The van der Waals surface area contributed by atoms with E-state index in [1.54, 1.807) is 24.4 Å². The molecule has 1 heterocycles. The number of rotatable bonds is 3. The maximum absolute atomic E-state index is 9.50. The number of halogens is 2. The van der Waals surface area contributed by atoms with Gasteiger partial charge in [0.15, 0.2) is 0 Å². The van der Waals surface area contributed by atoms with E-state index in [0.717, 1.165) is 11.3 Å². The van der Waals surface area contributed by atoms with Gasteiger partial charge < -0.3 is 0 Å². The SMILES string of the molecule is C=C/C=C(\C=C)c1ccnc(Cl)n1.CC.CC.CF. The van der Waals surface area contributed by atoms with Gasteiger partial charge in [-0.15, -0.1) is 0 Å². The van der Waals surface area contributed by atoms with Crippen LogP contribution in [0.25, 0.3) is 5.57 Å². The van der Waals surface area contributed by atoms with Crippen molar-refractivity contribution in [1.82, 2.24) is 9.97 Å². The second kappa shape index (κ2) is 18.9. The molecule has 0 bridgehead atoms. The predicted molar refractivity (Wildman–Crippen MR) is 85.1 cm³/mol. The summed E-state index contributed by atoms with van der Waals surface area (Å²) in [5.41, 5.74) is 1.62. The van der Waals surface area contributed by atoms with Gasteiger partial charge in [-0.05, 0) is 23.2 Å². The zero-order valence-electron chi connectivity index (χ0n) is 12.5. The minimum Gasteiger partial charge on any atom is -0.255 e. The van der Waals surface area contributed by atoms with Crippen molar-refractivity contribution >= 4 is 17.2 Å². The highest BCUT2D eigenvalue weighted by Gasteiger charge is 1.98. The monoisotopic (exact) mass is 286 g/mol. The lowest BCUT2D eigenvalue weighted by Crippen LogP contribution is -1.88. The molecule has 4 heteroatoms. The molecule has 0 aliphatic heterocycles. The van der Waals surface area contributed by atoms with Crippen molar-refractivity contribution in [2.24, 2.45) is 0 Å². The average Bonchev–Trinajstić information content (AvgIpc) is 2.51. The fourth-order valence-corrected chi connectivity index (χ4v) is 1.03. The summed E-state index contributed by atoms with van der Waals surface area (Å²) in [5, 5.41) is 0.231. The van der Waals surface area contributed by atoms with Gasteiger partial charge in [0.05, 0.1) is 12.9 Å². The van der Waals surface area contributed by atoms with Crippen LogP contribution in [0.1, 0.15) is 33.4 Å². The van der Waals surface area contributed by atoms with Crippen LogP contribution in [0, 0.1) is 0 Å². The van der Waals surface area contributed by atoms with E-state index in [0.29, 0.717) is 7.18 Å². The summed E-state index contributed by atoms with van der Waals surface area (Å²) in [7, 11) is 0.500. The van der Waals surface area contributed by atoms with Crippen molar-refractivity contribution in [3.05, 3.63) is 54.6 Å². The zero-order valence-corrected chi connectivity index (χ0v) is 13.2. The Kier molecular flexibility index (Phi) is 22.5. The molecule has 0 N–H and O–H groups in total. The van der Waals surface area contributed by atoms with Crippen LogP contribution in [-0.2, 0) is 0 Å². The molecule has 19 heavy (non-hydrogen) atoms. The molecule has 0 saturated carbocycles. The van der Waals surface area contributed by atoms with E-state index < -0.39 is 0 Å². The Hall–Kier alpha value is -1.48. The molecule has 1 aromatic rings. The van der Waals surface area contributed by atoms with Crippen molar-refractivity contribution in [2.75, 3.05) is 7.18 Å². The molecule has 1 rings (SSSR count). The Morgan fingerprint density at radius 1 is 1.21 bits per heavy atom. The molecule has 0 aromatic carbocycles. The van der Waals surface area contributed by atoms with Crippen molar-refractivity contribution < 1.29 is 4.39 Å². The van der Waals surface area contributed by atoms with Crippen LogP contribution in [-0.4, -0.2) is 17.1 Å². The van der Waals surface area contributed by atoms with E-state index in [1.165, 1.54) is 0 Å². The summed E-state index contributed by atoms with van der Waals surface area (Å²) in [6, 6.07) is 1.77. The van der Waals surface area contributed by atoms with E-state index in [2.05, 4.69) is 23.1 Å². The summed E-state index contributed by atoms with van der Waals surface area (Å²) in [6.07, 6.45) is 6.78. The minimum absolute atomic E-state index is 0.231. The first kappa shape index (κ1) is 22.7. The Labute approximate surface area is 121 Å². The summed E-state index contributed by atoms with van der Waals surface area (Å²) in [5.74, 6) is 0. The van der Waals surface area contributed by atoms with Gasteiger partial charge in [-0.25, -0.2) is 9.97 Å². The second-order valence-corrected chi connectivity index (χ2v) is 2.61. The number of hydrogen-bond donors (Lipinski definition) is 0. The van der Waals surface area contributed by atoms with E-state index >= 15 is 0 Å². The molecule has 0 radical (unpaired) electrons. The van der Waals surface area contributed by atoms with Crippen molar-refractivity contribution in [3.63, 3.8) is 0 Å². The van der Waals surface area contributed by atoms with Crippen molar-refractivity contribution in [3.8, 4) is 0 Å². The number of alkyl halides is 1. The molecule has 0 aliphatic rings. The average molecular weight is 287 g/mol. The fraction of sp³-hybridized carbons (Fsp3) is 0.333. The first-order valence-electron chi connectivity index (χ1n) is 6.10. The highest BCUT2D eigenvalue weighted by molar-refractivity contribution is 6.28. The van der Waals surface area contributed by atoms with Crippen molar-refractivity contribution in [2.45, 2.75) is 27.7 Å². The molecule has 0 amide bonds. The second-order valence-electron chi connectivity index (χ2n) is 2.27. The van der Waals surface area contributed by atoms with E-state index in [9.17, 15) is 4.39 Å². The molecule has 0 fully saturated rings. The molecular weight excluding hydrogens is 263 g/mol. The number of aromatic nitrogens is 2. The van der Waals surface area contributed by atoms with Gasteiger partial charge in [-0.1, -0.05) is 59.1 Å². The van der Waals surface area contributed by atoms with Gasteiger partial charge >= 0.3 is 0 Å². The van der Waals surface area contributed by atoms with Crippen LogP contribution in [0.4, 0.5) is 4.39 Å². The van der Waals surface area contributed by atoms with E-state index in [-0.39, 0.29) is 5.28 Å². The molecule has 0 unspecified atom stereocenters. The predicted octanol–water partition coefficient (Wildman–Crippen LogP) is 5.52. The standard InChI is InChI=1S/C10H9ClN2.2C2H6.CH3F/c1-3-5-8(4-2)9-6-7-12-10(11)13-9;3*1-2/h3-7H,1-2H2;2*1-2H3;1H3/b8-5+;;;. The third kappa shape index (κ3) is 11.3. The Morgan fingerprint density at radius 2 is 1.74 bits per heavy atom. The third-order valence-corrected chi connectivity index (χ3v) is 1.62. The maximum Gasteiger partial charge on any atom is 0.222 e. The largest absolute Gasteiger partial charge is 0.255 e. The van der Waals surface area contributed by atoms with Crippen LogP contribution in [0.2, 0.25) is 5.28 Å². The first-order valence-corrected chi connectivity index (χ1v) is 6.47. The highest BCUT2D eigenvalue weighted by atomic mass is 35.5. The molecular formula is C15H24ClFN2. The quantitative estimate of drug-likeness (QED) is 0.540. The Bertz CT molecular complexity index is 363. The lowest BCUT2D eigenvalue weighted by atomic mass is 10.1. The molecule has 0 saturated heterocycles. The van der Waals surface area contributed by atoms with Gasteiger partial charge in [0.25, 0.3) is 0 Å². The minimum atomic E-state index is 0.231. The molecule has 1 aromatic heterocycles. The summed E-state index contributed by atoms with van der Waals surface area (Å²) in [4.78, 5) is 7.81. The van der Waals surface area contributed by atoms with Crippen LogP contribution < -0.4 is 0 Å². The van der Waals surface area contributed by atoms with E-state index in [1.807, 2.05) is 33.8 Å². The van der Waals surface area contributed by atoms with Crippen LogP contribution in [0.5, 0.6) is 0 Å². The fourth-order valence-electron chi connectivity index (χ4n) is 0.881. The highest BCUT2D eigenvalue weighted by Crippen LogP contribution is 2.13. The lowest BCUT2D eigenvalue weighted by molar-refractivity contribution is 0.636. The molecule has 0 spiro atoms. The Morgan fingerprint density at radius 3 is 2.11 bits per heavy atom. The number of allylic oxidation sites excluding steroid dienone is 4. The summed E-state index contributed by atoms with van der Waals surface area (Å²) < 4.78 is 9.50. The zero-order chi connectivity index (χ0) is 15.7. The molecule has 108 valence electrons. The van der Waals surface area contributed by atoms with Gasteiger partial charge in [-0.2, -0.15) is 0 Å². The van der Waals surface area contributed by atoms with Crippen LogP contribution in [0.3, 0.4) is 0 Å². The summed E-state index contributed by atoms with van der Waals surface area (Å²) in [6.45, 7) is 15.3. The molecule has 2 nitrogen and oxygen atoms in total. The topological polar surface area (TPSA) is 25.8 Å². The normalized spacial score (nSPS) is 8.47. The van der Waals surface area contributed by atoms with Crippen LogP contribution in [0.15, 0.2) is 43.6 Å². The Balaban J connectivity index is -0.000000375. The lowest BCUT2D eigenvalue weighted by Gasteiger charge is -1.99. The number of hydrogen-bond acceptors (Lipinski definition) is 2. The molecule has 0 atom stereocenters. The van der Waals surface area contributed by atoms with Gasteiger partial charge in [0.2, 0.25) is 5.28 Å². The van der Waals surface area contributed by atoms with Crippen LogP contribution >= 0.6 is 11.6 Å². The van der Waals surface area contributed by atoms with Gasteiger partial charge in [0.1, 0.15) is 0 Å². The van der Waals surface area contributed by atoms with Gasteiger partial charge in [-0.3, -0.25) is 4.39 Å². The van der Waals surface area contributed by atoms with Crippen molar-refractivity contribution in [1.29, 1.82) is 0 Å². The van der Waals surface area contributed by atoms with Gasteiger partial charge in [0, 0.05) is 6.20 Å². The smallest absolute Gasteiger partial charge is 0.222 e.